The van der Waals surface area contributed by atoms with Crippen LogP contribution >= 0.6 is 11.3 Å². The van der Waals surface area contributed by atoms with E-state index < -0.39 is 10.0 Å². The van der Waals surface area contributed by atoms with Crippen molar-refractivity contribution in [2.45, 2.75) is 10.9 Å². The fourth-order valence-corrected chi connectivity index (χ4v) is 2.59. The summed E-state index contributed by atoms with van der Waals surface area (Å²) in [4.78, 5) is 11.7. The second-order valence-electron chi connectivity index (χ2n) is 3.51. The number of nitrogens with zero attached hydrogens (tertiary/aromatic N) is 3. The van der Waals surface area contributed by atoms with Crippen LogP contribution in [0, 0.1) is 0 Å². The third-order valence-electron chi connectivity index (χ3n) is 2.00. The molecule has 0 aromatic carbocycles. The molecule has 3 N–H and O–H groups in total. The minimum absolute atomic E-state index is 0. The van der Waals surface area contributed by atoms with Gasteiger partial charge in [-0.1, -0.05) is 17.4 Å². The van der Waals surface area contributed by atoms with E-state index in [0.29, 0.717) is 11.3 Å². The van der Waals surface area contributed by atoms with Crippen LogP contribution in [0.15, 0.2) is 34.9 Å². The van der Waals surface area contributed by atoms with Gasteiger partial charge in [0.25, 0.3) is 15.9 Å². The summed E-state index contributed by atoms with van der Waals surface area (Å²) < 4.78 is 23.3. The van der Waals surface area contributed by atoms with E-state index in [1.54, 1.807) is 29.1 Å². The predicted octanol–water partition coefficient (Wildman–Crippen LogP) is -3.88. The normalized spacial score (nSPS) is 10.7. The van der Waals surface area contributed by atoms with E-state index in [-0.39, 0.29) is 34.3 Å². The van der Waals surface area contributed by atoms with Crippen LogP contribution in [0.2, 0.25) is 0 Å². The van der Waals surface area contributed by atoms with Crippen molar-refractivity contribution >= 4 is 32.4 Å². The summed E-state index contributed by atoms with van der Waals surface area (Å²) >= 11 is 0.702. The predicted molar refractivity (Wildman–Crippen MR) is 66.5 cm³/mol. The van der Waals surface area contributed by atoms with E-state index in [9.17, 15) is 13.2 Å². The van der Waals surface area contributed by atoms with Gasteiger partial charge in [-0.3, -0.25) is 10.1 Å². The fourth-order valence-electron chi connectivity index (χ4n) is 1.24. The zero-order chi connectivity index (χ0) is 13.9. The van der Waals surface area contributed by atoms with Gasteiger partial charge in [0.05, 0.1) is 0 Å². The van der Waals surface area contributed by atoms with E-state index >= 15 is 0 Å². The van der Waals surface area contributed by atoms with E-state index in [0.717, 1.165) is 0 Å². The third kappa shape index (κ3) is 4.49. The lowest BCUT2D eigenvalue weighted by molar-refractivity contribution is -0.684. The van der Waals surface area contributed by atoms with Gasteiger partial charge >= 0.3 is 0 Å². The van der Waals surface area contributed by atoms with E-state index in [4.69, 9.17) is 5.14 Å². The summed E-state index contributed by atoms with van der Waals surface area (Å²) in [5.74, 6) is -0.340. The second-order valence-corrected chi connectivity index (χ2v) is 6.23. The number of primary sulfonamides is 1. The Morgan fingerprint density at radius 3 is 2.50 bits per heavy atom. The summed E-state index contributed by atoms with van der Waals surface area (Å²) in [6.45, 7) is 0.0884. The maximum absolute atomic E-state index is 11.7. The van der Waals surface area contributed by atoms with Crippen LogP contribution in [-0.2, 0) is 21.4 Å². The van der Waals surface area contributed by atoms with Crippen molar-refractivity contribution in [1.82, 2.24) is 10.2 Å². The van der Waals surface area contributed by atoms with Crippen molar-refractivity contribution in [2.75, 3.05) is 5.32 Å². The number of carbonyl (C=O) groups is 1. The zero-order valence-electron chi connectivity index (χ0n) is 9.93. The molecule has 8 nitrogen and oxygen atoms in total. The van der Waals surface area contributed by atoms with Crippen LogP contribution in [0.1, 0.15) is 0 Å². The van der Waals surface area contributed by atoms with E-state index in [1.807, 2.05) is 6.07 Å². The molecule has 108 valence electrons. The number of nitrogens with one attached hydrogen (secondary N) is 1. The van der Waals surface area contributed by atoms with Gasteiger partial charge in [0.15, 0.2) is 12.4 Å². The average Bonchev–Trinajstić information content (AvgIpc) is 2.78. The van der Waals surface area contributed by atoms with Crippen LogP contribution in [0.4, 0.5) is 5.13 Å². The first-order valence-corrected chi connectivity index (χ1v) is 7.42. The Morgan fingerprint density at radius 2 is 1.95 bits per heavy atom. The summed E-state index contributed by atoms with van der Waals surface area (Å²) in [7, 11) is -3.89. The summed E-state index contributed by atoms with van der Waals surface area (Å²) in [5, 5.41) is 14.3. The minimum atomic E-state index is -3.89. The van der Waals surface area contributed by atoms with Crippen molar-refractivity contribution < 1.29 is 30.2 Å². The van der Waals surface area contributed by atoms with Crippen LogP contribution in [0.5, 0.6) is 0 Å². The molecule has 0 spiro atoms. The number of rotatable bonds is 4. The van der Waals surface area contributed by atoms with Crippen molar-refractivity contribution in [1.29, 1.82) is 0 Å². The molecule has 0 aliphatic rings. The largest absolute Gasteiger partial charge is 1.00 e. The number of pyridine rings is 1. The van der Waals surface area contributed by atoms with Crippen molar-refractivity contribution in [3.05, 3.63) is 30.6 Å². The lowest BCUT2D eigenvalue weighted by atomic mass is 10.4. The van der Waals surface area contributed by atoms with Gasteiger partial charge in [0.2, 0.25) is 16.0 Å². The number of aromatic nitrogens is 3. The number of halogens is 1. The highest BCUT2D eigenvalue weighted by molar-refractivity contribution is 7.91. The molecule has 0 unspecified atom stereocenters. The first-order valence-electron chi connectivity index (χ1n) is 5.05. The van der Waals surface area contributed by atoms with Gasteiger partial charge in [0.1, 0.15) is 0 Å². The number of anilines is 1. The molecule has 0 saturated heterocycles. The third-order valence-corrected chi connectivity index (χ3v) is 4.15. The standard InChI is InChI=1S/C9H9N5O3S2.ClH/c10-19(16,17)9-13-12-8(18-9)11-7(15)6-14-4-2-1-3-5-14;/h1-5H,6H2,(H2-,10,11,12,15,16,17);1H. The fraction of sp³-hybridized carbons (Fsp3) is 0.111. The first kappa shape index (κ1) is 16.4. The smallest absolute Gasteiger partial charge is 0.292 e. The molecule has 0 bridgehead atoms. The van der Waals surface area contributed by atoms with Gasteiger partial charge < -0.3 is 12.4 Å². The number of hydrogen-bond acceptors (Lipinski definition) is 6. The van der Waals surface area contributed by atoms with Crippen LogP contribution in [-0.4, -0.2) is 24.5 Å². The molecule has 20 heavy (non-hydrogen) atoms. The Kier molecular flexibility index (Phi) is 5.51. The van der Waals surface area contributed by atoms with E-state index in [2.05, 4.69) is 15.5 Å². The first-order chi connectivity index (χ1) is 8.95. The molecule has 0 aliphatic heterocycles. The van der Waals surface area contributed by atoms with Gasteiger partial charge in [-0.2, -0.15) is 4.57 Å². The number of amides is 1. The van der Waals surface area contributed by atoms with Crippen LogP contribution in [0.3, 0.4) is 0 Å². The molecule has 2 rings (SSSR count). The average molecular weight is 336 g/mol. The van der Waals surface area contributed by atoms with Crippen LogP contribution < -0.4 is 27.4 Å². The monoisotopic (exact) mass is 335 g/mol. The summed E-state index contributed by atoms with van der Waals surface area (Å²) in [6, 6.07) is 5.41. The molecule has 2 aromatic heterocycles. The van der Waals surface area contributed by atoms with Crippen molar-refractivity contribution in [3.8, 4) is 0 Å². The summed E-state index contributed by atoms with van der Waals surface area (Å²) in [6.07, 6.45) is 3.46. The molecule has 0 fully saturated rings. The Labute approximate surface area is 125 Å². The summed E-state index contributed by atoms with van der Waals surface area (Å²) in [5.41, 5.74) is 0. The Balaban J connectivity index is 0.00000200. The molecular formula is C9H10ClN5O3S2. The second kappa shape index (κ2) is 6.70. The molecule has 2 heterocycles. The van der Waals surface area contributed by atoms with E-state index in [1.165, 1.54) is 0 Å². The molecule has 0 aliphatic carbocycles. The molecule has 0 saturated carbocycles. The van der Waals surface area contributed by atoms with Crippen molar-refractivity contribution in [3.63, 3.8) is 0 Å². The van der Waals surface area contributed by atoms with Gasteiger partial charge in [-0.05, 0) is 0 Å². The zero-order valence-corrected chi connectivity index (χ0v) is 12.3. The van der Waals surface area contributed by atoms with Gasteiger partial charge in [-0.15, -0.1) is 10.2 Å². The Morgan fingerprint density at radius 1 is 1.30 bits per heavy atom. The Bertz CT molecular complexity index is 689. The maximum atomic E-state index is 11.7. The van der Waals surface area contributed by atoms with Crippen molar-refractivity contribution in [2.24, 2.45) is 5.14 Å². The number of carbonyl (C=O) groups excluding carboxylic acids is 1. The highest BCUT2D eigenvalue weighted by atomic mass is 35.5. The lowest BCUT2D eigenvalue weighted by Crippen LogP contribution is -3.00. The number of sulfonamides is 1. The quantitative estimate of drug-likeness (QED) is 0.437. The van der Waals surface area contributed by atoms with Gasteiger partial charge in [0, 0.05) is 12.1 Å². The highest BCUT2D eigenvalue weighted by Gasteiger charge is 2.17. The Hall–Kier alpha value is -1.62. The molecular weight excluding hydrogens is 326 g/mol. The lowest BCUT2D eigenvalue weighted by Gasteiger charge is -1.97. The topological polar surface area (TPSA) is 119 Å². The SMILES string of the molecule is NS(=O)(=O)c1nnc(NC(=O)C[n+]2ccccc2)s1.[Cl-]. The minimum Gasteiger partial charge on any atom is -1.00 e. The maximum Gasteiger partial charge on any atom is 0.292 e. The molecule has 0 radical (unpaired) electrons. The van der Waals surface area contributed by atoms with Crippen LogP contribution in [0.25, 0.3) is 0 Å². The number of nitrogens with two attached hydrogens (primary N) is 1. The molecule has 11 heteroatoms. The highest BCUT2D eigenvalue weighted by Crippen LogP contribution is 2.18. The van der Waals surface area contributed by atoms with Gasteiger partial charge in [-0.25, -0.2) is 13.6 Å². The molecule has 1 amide bonds. The number of hydrogen-bond donors (Lipinski definition) is 2. The molecule has 2 aromatic rings. The molecule has 0 atom stereocenters.